The minimum Gasteiger partial charge on any atom is -0.356 e. The topological polar surface area (TPSA) is 65.5 Å². The molecule has 0 aromatic heterocycles. The predicted octanol–water partition coefficient (Wildman–Crippen LogP) is 3.66. The molecule has 0 saturated heterocycles. The number of amides is 1. The smallest absolute Gasteiger partial charge is 0.251 e. The van der Waals surface area contributed by atoms with Gasteiger partial charge < -0.3 is 16.0 Å². The summed E-state index contributed by atoms with van der Waals surface area (Å²) >= 11 is 5.90. The second-order valence-corrected chi connectivity index (χ2v) is 6.62. The summed E-state index contributed by atoms with van der Waals surface area (Å²) in [5, 5.41) is 10.0. The minimum atomic E-state index is -0.0667. The summed E-state index contributed by atoms with van der Waals surface area (Å²) in [6.07, 6.45) is 2.82. The number of hydrogen-bond donors (Lipinski definition) is 3. The predicted molar refractivity (Wildman–Crippen MR) is 128 cm³/mol. The Hall–Kier alpha value is -1.80. The molecule has 2 aromatic rings. The van der Waals surface area contributed by atoms with Gasteiger partial charge in [-0.25, -0.2) is 0 Å². The molecule has 0 unspecified atom stereocenters. The van der Waals surface area contributed by atoms with Gasteiger partial charge in [0.25, 0.3) is 5.91 Å². The van der Waals surface area contributed by atoms with Gasteiger partial charge in [0.2, 0.25) is 0 Å². The molecule has 1 amide bonds. The molecule has 0 bridgehead atoms. The molecular weight excluding hydrogens is 487 g/mol. The highest BCUT2D eigenvalue weighted by Gasteiger charge is 2.04. The highest BCUT2D eigenvalue weighted by atomic mass is 127. The Labute approximate surface area is 189 Å². The Morgan fingerprint density at radius 3 is 2.39 bits per heavy atom. The molecule has 2 aromatic carbocycles. The van der Waals surface area contributed by atoms with E-state index in [0.717, 1.165) is 48.9 Å². The zero-order valence-corrected chi connectivity index (χ0v) is 19.4. The highest BCUT2D eigenvalue weighted by Crippen LogP contribution is 2.10. The van der Waals surface area contributed by atoms with E-state index in [2.05, 4.69) is 33.1 Å². The molecule has 0 spiro atoms. The van der Waals surface area contributed by atoms with E-state index in [9.17, 15) is 4.79 Å². The lowest BCUT2D eigenvalue weighted by Gasteiger charge is -2.12. The van der Waals surface area contributed by atoms with E-state index in [4.69, 9.17) is 11.6 Å². The molecule has 7 heteroatoms. The molecule has 0 aliphatic heterocycles. The van der Waals surface area contributed by atoms with Crippen LogP contribution in [0.3, 0.4) is 0 Å². The van der Waals surface area contributed by atoms with Gasteiger partial charge in [0.05, 0.1) is 0 Å². The summed E-state index contributed by atoms with van der Waals surface area (Å²) < 4.78 is 0. The van der Waals surface area contributed by atoms with Gasteiger partial charge in [0.1, 0.15) is 0 Å². The zero-order chi connectivity index (χ0) is 19.5. The number of aliphatic imine (C=N–C) groups is 1. The van der Waals surface area contributed by atoms with Crippen molar-refractivity contribution in [2.75, 3.05) is 27.2 Å². The van der Waals surface area contributed by atoms with E-state index in [-0.39, 0.29) is 29.9 Å². The number of benzene rings is 2. The largest absolute Gasteiger partial charge is 0.356 e. The number of carbonyl (C=O) groups excluding carboxylic acids is 1. The van der Waals surface area contributed by atoms with Crippen molar-refractivity contribution in [3.8, 4) is 0 Å². The Balaban J connectivity index is 0.00000392. The van der Waals surface area contributed by atoms with Gasteiger partial charge in [-0.2, -0.15) is 0 Å². The average Bonchev–Trinajstić information content (AvgIpc) is 2.70. The number of nitrogens with zero attached hydrogens (tertiary/aromatic N) is 1. The first-order valence-corrected chi connectivity index (χ1v) is 9.50. The van der Waals surface area contributed by atoms with Crippen LogP contribution in [-0.2, 0) is 12.8 Å². The molecule has 152 valence electrons. The Morgan fingerprint density at radius 1 is 1.00 bits per heavy atom. The third-order valence-electron chi connectivity index (χ3n) is 4.19. The Bertz CT molecular complexity index is 765. The number of rotatable bonds is 8. The van der Waals surface area contributed by atoms with Crippen molar-refractivity contribution in [2.24, 2.45) is 4.99 Å². The first-order valence-electron chi connectivity index (χ1n) is 9.12. The maximum absolute atomic E-state index is 11.7. The van der Waals surface area contributed by atoms with Crippen LogP contribution >= 0.6 is 35.6 Å². The molecule has 0 heterocycles. The second kappa shape index (κ2) is 13.4. The molecule has 0 atom stereocenters. The number of hydrogen-bond acceptors (Lipinski definition) is 2. The number of guanidine groups is 1. The van der Waals surface area contributed by atoms with Crippen LogP contribution in [0.5, 0.6) is 0 Å². The van der Waals surface area contributed by atoms with Gasteiger partial charge in [0, 0.05) is 37.8 Å². The van der Waals surface area contributed by atoms with Crippen LogP contribution in [0.1, 0.15) is 27.9 Å². The molecule has 0 aliphatic carbocycles. The van der Waals surface area contributed by atoms with Crippen LogP contribution in [0, 0.1) is 0 Å². The maximum Gasteiger partial charge on any atom is 0.251 e. The fourth-order valence-electron chi connectivity index (χ4n) is 2.71. The molecule has 0 aliphatic rings. The zero-order valence-electron chi connectivity index (χ0n) is 16.3. The quantitative estimate of drug-likeness (QED) is 0.218. The number of aryl methyl sites for hydroxylation is 1. The van der Waals surface area contributed by atoms with Crippen LogP contribution in [0.15, 0.2) is 53.5 Å². The summed E-state index contributed by atoms with van der Waals surface area (Å²) in [5.74, 6) is 0.719. The molecule has 2 rings (SSSR count). The monoisotopic (exact) mass is 514 g/mol. The first kappa shape index (κ1) is 24.2. The molecule has 28 heavy (non-hydrogen) atoms. The minimum absolute atomic E-state index is 0. The van der Waals surface area contributed by atoms with Crippen molar-refractivity contribution in [3.63, 3.8) is 0 Å². The van der Waals surface area contributed by atoms with Crippen LogP contribution in [-0.4, -0.2) is 39.1 Å². The van der Waals surface area contributed by atoms with Gasteiger partial charge >= 0.3 is 0 Å². The summed E-state index contributed by atoms with van der Waals surface area (Å²) in [7, 11) is 3.40. The normalized spacial score (nSPS) is 10.8. The van der Waals surface area contributed by atoms with Crippen molar-refractivity contribution in [3.05, 3.63) is 70.2 Å². The van der Waals surface area contributed by atoms with E-state index >= 15 is 0 Å². The van der Waals surface area contributed by atoms with Gasteiger partial charge in [0.15, 0.2) is 5.96 Å². The average molecular weight is 515 g/mol. The van der Waals surface area contributed by atoms with Crippen molar-refractivity contribution >= 4 is 47.4 Å². The fraction of sp³-hybridized carbons (Fsp3) is 0.333. The van der Waals surface area contributed by atoms with E-state index in [0.29, 0.717) is 5.56 Å². The third-order valence-corrected chi connectivity index (χ3v) is 4.45. The molecule has 0 saturated carbocycles. The van der Waals surface area contributed by atoms with Crippen molar-refractivity contribution in [1.29, 1.82) is 0 Å². The Kier molecular flexibility index (Phi) is 11.6. The number of halogens is 2. The van der Waals surface area contributed by atoms with Gasteiger partial charge in [-0.15, -0.1) is 24.0 Å². The third kappa shape index (κ3) is 8.48. The Morgan fingerprint density at radius 2 is 1.71 bits per heavy atom. The number of nitrogens with one attached hydrogen (secondary N) is 3. The summed E-state index contributed by atoms with van der Waals surface area (Å²) in [4.78, 5) is 15.9. The summed E-state index contributed by atoms with van der Waals surface area (Å²) in [5.41, 5.74) is 3.07. The lowest BCUT2D eigenvalue weighted by Crippen LogP contribution is -2.38. The van der Waals surface area contributed by atoms with Gasteiger partial charge in [-0.1, -0.05) is 35.9 Å². The van der Waals surface area contributed by atoms with Crippen molar-refractivity contribution < 1.29 is 4.79 Å². The molecule has 5 nitrogen and oxygen atoms in total. The van der Waals surface area contributed by atoms with Crippen LogP contribution in [0.4, 0.5) is 0 Å². The SMILES string of the molecule is CN=C(NCCCc1ccc(Cl)cc1)NCCc1cccc(C(=O)NC)c1.I. The standard InChI is InChI=1S/C21H27ClN4O.HI/c1-23-20(27)18-7-3-5-17(15-18)12-14-26-21(24-2)25-13-4-6-16-8-10-19(22)11-9-16;/h3,5,7-11,15H,4,6,12-14H2,1-2H3,(H,23,27)(H2,24,25,26);1H. The van der Waals surface area contributed by atoms with Gasteiger partial charge in [-0.3, -0.25) is 9.79 Å². The molecule has 0 fully saturated rings. The van der Waals surface area contributed by atoms with Crippen LogP contribution in [0.25, 0.3) is 0 Å². The number of carbonyl (C=O) groups is 1. The van der Waals surface area contributed by atoms with Crippen molar-refractivity contribution in [1.82, 2.24) is 16.0 Å². The summed E-state index contributed by atoms with van der Waals surface area (Å²) in [6.45, 7) is 1.59. The van der Waals surface area contributed by atoms with E-state index in [1.807, 2.05) is 36.4 Å². The van der Waals surface area contributed by atoms with E-state index in [1.54, 1.807) is 14.1 Å². The fourth-order valence-corrected chi connectivity index (χ4v) is 2.83. The van der Waals surface area contributed by atoms with Crippen LogP contribution < -0.4 is 16.0 Å². The van der Waals surface area contributed by atoms with Crippen LogP contribution in [0.2, 0.25) is 5.02 Å². The van der Waals surface area contributed by atoms with E-state index in [1.165, 1.54) is 5.56 Å². The van der Waals surface area contributed by atoms with Crippen molar-refractivity contribution in [2.45, 2.75) is 19.3 Å². The molecule has 0 radical (unpaired) electrons. The van der Waals surface area contributed by atoms with E-state index < -0.39 is 0 Å². The molecule has 3 N–H and O–H groups in total. The van der Waals surface area contributed by atoms with Gasteiger partial charge in [-0.05, 0) is 54.7 Å². The first-order chi connectivity index (χ1) is 13.1. The maximum atomic E-state index is 11.7. The second-order valence-electron chi connectivity index (χ2n) is 6.19. The lowest BCUT2D eigenvalue weighted by molar-refractivity contribution is 0.0963. The highest BCUT2D eigenvalue weighted by molar-refractivity contribution is 14.0. The molecular formula is C21H28ClIN4O. The lowest BCUT2D eigenvalue weighted by atomic mass is 10.1. The summed E-state index contributed by atoms with van der Waals surface area (Å²) in [6, 6.07) is 15.6.